The van der Waals surface area contributed by atoms with Crippen LogP contribution in [0.1, 0.15) is 6.92 Å². The predicted molar refractivity (Wildman–Crippen MR) is 73.3 cm³/mol. The lowest BCUT2D eigenvalue weighted by molar-refractivity contribution is -0.0428. The number of aliphatic hydroxyl groups excluding tert-OH is 2. The van der Waals surface area contributed by atoms with Gasteiger partial charge in [-0.25, -0.2) is 0 Å². The Morgan fingerprint density at radius 3 is 2.32 bits per heavy atom. The summed E-state index contributed by atoms with van der Waals surface area (Å²) in [6.07, 6.45) is -0.440. The second-order valence-corrected chi connectivity index (χ2v) is 5.12. The molecule has 1 rings (SSSR count). The zero-order valence-corrected chi connectivity index (χ0v) is 12.1. The second kappa shape index (κ2) is 9.63. The van der Waals surface area contributed by atoms with Crippen LogP contribution in [0.3, 0.4) is 0 Å². The minimum Gasteiger partial charge on any atom is -0.395 e. The molecule has 114 valence electrons. The van der Waals surface area contributed by atoms with Gasteiger partial charge in [-0.15, -0.1) is 0 Å². The van der Waals surface area contributed by atoms with Gasteiger partial charge < -0.3 is 19.7 Å². The third kappa shape index (κ3) is 7.20. The molecule has 0 amide bonds. The van der Waals surface area contributed by atoms with Crippen molar-refractivity contribution in [2.75, 3.05) is 66.2 Å². The van der Waals surface area contributed by atoms with Gasteiger partial charge in [0, 0.05) is 46.4 Å². The van der Waals surface area contributed by atoms with Gasteiger partial charge in [0.1, 0.15) is 0 Å². The zero-order chi connectivity index (χ0) is 14.1. The van der Waals surface area contributed by atoms with E-state index in [1.54, 1.807) is 7.11 Å². The van der Waals surface area contributed by atoms with Gasteiger partial charge in [0.25, 0.3) is 0 Å². The first kappa shape index (κ1) is 16.8. The molecule has 0 radical (unpaired) electrons. The fourth-order valence-corrected chi connectivity index (χ4v) is 2.25. The molecule has 0 aromatic rings. The molecule has 1 aliphatic heterocycles. The molecule has 0 aliphatic carbocycles. The third-order valence-electron chi connectivity index (χ3n) is 3.32. The Morgan fingerprint density at radius 2 is 1.74 bits per heavy atom. The van der Waals surface area contributed by atoms with Crippen LogP contribution in [-0.2, 0) is 9.47 Å². The van der Waals surface area contributed by atoms with Crippen LogP contribution >= 0.6 is 0 Å². The van der Waals surface area contributed by atoms with Crippen molar-refractivity contribution in [3.63, 3.8) is 0 Å². The highest BCUT2D eigenvalue weighted by molar-refractivity contribution is 4.74. The van der Waals surface area contributed by atoms with Crippen molar-refractivity contribution in [2.24, 2.45) is 0 Å². The summed E-state index contributed by atoms with van der Waals surface area (Å²) in [7, 11) is 1.64. The van der Waals surface area contributed by atoms with Gasteiger partial charge in [0.15, 0.2) is 0 Å². The van der Waals surface area contributed by atoms with Crippen molar-refractivity contribution in [3.8, 4) is 0 Å². The average Bonchev–Trinajstić information content (AvgIpc) is 2.39. The Morgan fingerprint density at radius 1 is 1.11 bits per heavy atom. The molecule has 0 aromatic carbocycles. The van der Waals surface area contributed by atoms with Gasteiger partial charge in [0.2, 0.25) is 0 Å². The van der Waals surface area contributed by atoms with E-state index in [1.807, 2.05) is 6.92 Å². The molecule has 0 saturated carbocycles. The van der Waals surface area contributed by atoms with Crippen LogP contribution in [0.2, 0.25) is 0 Å². The molecule has 0 bridgehead atoms. The molecule has 6 nitrogen and oxygen atoms in total. The van der Waals surface area contributed by atoms with Crippen molar-refractivity contribution in [2.45, 2.75) is 19.1 Å². The summed E-state index contributed by atoms with van der Waals surface area (Å²) in [4.78, 5) is 4.48. The van der Waals surface area contributed by atoms with Crippen LogP contribution in [0.4, 0.5) is 0 Å². The quantitative estimate of drug-likeness (QED) is 0.564. The third-order valence-corrected chi connectivity index (χ3v) is 3.32. The number of methoxy groups -OCH3 is 1. The van der Waals surface area contributed by atoms with Crippen LogP contribution < -0.4 is 0 Å². The maximum Gasteiger partial charge on any atom is 0.0900 e. The largest absolute Gasteiger partial charge is 0.395 e. The minimum atomic E-state index is -0.455. The highest BCUT2D eigenvalue weighted by Gasteiger charge is 2.19. The van der Waals surface area contributed by atoms with Crippen molar-refractivity contribution in [3.05, 3.63) is 0 Å². The molecular weight excluding hydrogens is 248 g/mol. The van der Waals surface area contributed by atoms with E-state index in [0.29, 0.717) is 19.8 Å². The SMILES string of the molecule is COCC(C)OCC(O)CN1CCN(CCO)CC1. The van der Waals surface area contributed by atoms with Crippen molar-refractivity contribution in [1.82, 2.24) is 9.80 Å². The summed E-state index contributed by atoms with van der Waals surface area (Å²) in [6.45, 7) is 8.21. The fourth-order valence-electron chi connectivity index (χ4n) is 2.25. The Bertz CT molecular complexity index is 223. The molecule has 2 unspecified atom stereocenters. The molecule has 1 fully saturated rings. The Kier molecular flexibility index (Phi) is 8.52. The number of piperazine rings is 1. The zero-order valence-electron chi connectivity index (χ0n) is 12.1. The van der Waals surface area contributed by atoms with E-state index in [2.05, 4.69) is 9.80 Å². The molecular formula is C13H28N2O4. The van der Waals surface area contributed by atoms with Crippen molar-refractivity contribution in [1.29, 1.82) is 0 Å². The van der Waals surface area contributed by atoms with Gasteiger partial charge in [-0.2, -0.15) is 0 Å². The van der Waals surface area contributed by atoms with Crippen LogP contribution in [0.15, 0.2) is 0 Å². The van der Waals surface area contributed by atoms with E-state index >= 15 is 0 Å². The highest BCUT2D eigenvalue weighted by atomic mass is 16.5. The fraction of sp³-hybridized carbons (Fsp3) is 1.00. The lowest BCUT2D eigenvalue weighted by Crippen LogP contribution is -2.49. The Balaban J connectivity index is 2.11. The first-order chi connectivity index (χ1) is 9.15. The molecule has 1 aliphatic rings. The molecule has 6 heteroatoms. The first-order valence-electron chi connectivity index (χ1n) is 7.00. The summed E-state index contributed by atoms with van der Waals surface area (Å²) in [5.74, 6) is 0. The van der Waals surface area contributed by atoms with E-state index in [1.165, 1.54) is 0 Å². The molecule has 0 spiro atoms. The van der Waals surface area contributed by atoms with Crippen LogP contribution in [0, 0.1) is 0 Å². The number of hydrogen-bond acceptors (Lipinski definition) is 6. The maximum atomic E-state index is 9.93. The van der Waals surface area contributed by atoms with E-state index < -0.39 is 6.10 Å². The van der Waals surface area contributed by atoms with Gasteiger partial charge in [-0.05, 0) is 6.92 Å². The minimum absolute atomic E-state index is 0.0149. The topological polar surface area (TPSA) is 65.4 Å². The van der Waals surface area contributed by atoms with Crippen LogP contribution in [-0.4, -0.2) is 98.4 Å². The van der Waals surface area contributed by atoms with Crippen LogP contribution in [0.5, 0.6) is 0 Å². The van der Waals surface area contributed by atoms with Gasteiger partial charge >= 0.3 is 0 Å². The number of nitrogens with zero attached hydrogens (tertiary/aromatic N) is 2. The number of rotatable bonds is 9. The summed E-state index contributed by atoms with van der Waals surface area (Å²) in [5.41, 5.74) is 0. The standard InChI is InChI=1S/C13H28N2O4/c1-12(10-18-2)19-11-13(17)9-15-5-3-14(4-6-15)7-8-16/h12-13,16-17H,3-11H2,1-2H3. The molecule has 19 heavy (non-hydrogen) atoms. The molecule has 0 aromatic heterocycles. The highest BCUT2D eigenvalue weighted by Crippen LogP contribution is 2.03. The first-order valence-corrected chi connectivity index (χ1v) is 7.00. The number of β-amino-alcohol motifs (C(OH)–C–C–N with tert-alkyl or cyclic N) is 2. The smallest absolute Gasteiger partial charge is 0.0900 e. The van der Waals surface area contributed by atoms with Crippen LogP contribution in [0.25, 0.3) is 0 Å². The van der Waals surface area contributed by atoms with E-state index in [9.17, 15) is 5.11 Å². The Labute approximate surface area is 115 Å². The summed E-state index contributed by atoms with van der Waals surface area (Å²) in [5, 5.41) is 18.8. The van der Waals surface area contributed by atoms with Crippen molar-refractivity contribution >= 4 is 0 Å². The summed E-state index contributed by atoms with van der Waals surface area (Å²) >= 11 is 0. The molecule has 2 N–H and O–H groups in total. The predicted octanol–water partition coefficient (Wildman–Crippen LogP) is -0.991. The number of ether oxygens (including phenoxy) is 2. The average molecular weight is 276 g/mol. The van der Waals surface area contributed by atoms with E-state index in [4.69, 9.17) is 14.6 Å². The number of aliphatic hydroxyl groups is 2. The van der Waals surface area contributed by atoms with E-state index in [0.717, 1.165) is 32.7 Å². The Hall–Kier alpha value is -0.240. The van der Waals surface area contributed by atoms with Gasteiger partial charge in [-0.1, -0.05) is 0 Å². The van der Waals surface area contributed by atoms with E-state index in [-0.39, 0.29) is 12.7 Å². The summed E-state index contributed by atoms with van der Waals surface area (Å²) in [6, 6.07) is 0. The van der Waals surface area contributed by atoms with Crippen molar-refractivity contribution < 1.29 is 19.7 Å². The number of hydrogen-bond donors (Lipinski definition) is 2. The second-order valence-electron chi connectivity index (χ2n) is 5.12. The summed E-state index contributed by atoms with van der Waals surface area (Å²) < 4.78 is 10.5. The molecule has 2 atom stereocenters. The molecule has 1 saturated heterocycles. The lowest BCUT2D eigenvalue weighted by Gasteiger charge is -2.35. The normalized spacial score (nSPS) is 21.5. The maximum absolute atomic E-state index is 9.93. The lowest BCUT2D eigenvalue weighted by atomic mass is 10.2. The van der Waals surface area contributed by atoms with Gasteiger partial charge in [0.05, 0.1) is 32.0 Å². The van der Waals surface area contributed by atoms with Gasteiger partial charge in [-0.3, -0.25) is 9.80 Å². The monoisotopic (exact) mass is 276 g/mol. The molecule has 1 heterocycles.